The molecule has 1 aromatic heterocycles. The summed E-state index contributed by atoms with van der Waals surface area (Å²) in [6, 6.07) is 0. The molecule has 2 rings (SSSR count). The Morgan fingerprint density at radius 2 is 2.09 bits per heavy atom. The number of aliphatic hydroxyl groups is 3. The van der Waals surface area contributed by atoms with Crippen molar-refractivity contribution in [3.05, 3.63) is 26.5 Å². The largest absolute Gasteiger partial charge is 0.394 e. The first-order valence-electron chi connectivity index (χ1n) is 6.56. The highest BCUT2D eigenvalue weighted by atomic mass is 16.6. The van der Waals surface area contributed by atoms with Gasteiger partial charge in [-0.05, 0) is 0 Å². The fourth-order valence-electron chi connectivity index (χ4n) is 2.24. The standard InChI is InChI=1S/C12H16N4O7/c1-4(18)2-14-6-8(15-11(22)16-10(6)21)12(13)9(20)7(19)5(3-17)23-12/h2,5,7,9,17,19-20H,3,13H2,1H3,(H2,15,16,21,22)/t5-,7-,9-,12?/m1/s1. The molecule has 11 heteroatoms. The van der Waals surface area contributed by atoms with Crippen LogP contribution >= 0.6 is 0 Å². The summed E-state index contributed by atoms with van der Waals surface area (Å²) in [5.74, 6) is -0.478. The summed E-state index contributed by atoms with van der Waals surface area (Å²) in [5, 5.41) is 29.0. The molecule has 0 radical (unpaired) electrons. The van der Waals surface area contributed by atoms with Crippen molar-refractivity contribution in [2.75, 3.05) is 6.61 Å². The first-order valence-corrected chi connectivity index (χ1v) is 6.56. The highest BCUT2D eigenvalue weighted by Gasteiger charge is 2.54. The van der Waals surface area contributed by atoms with Crippen molar-refractivity contribution in [3.8, 4) is 0 Å². The fraction of sp³-hybridized carbons (Fsp3) is 0.500. The number of aliphatic hydroxyl groups excluding tert-OH is 3. The molecule has 0 spiro atoms. The van der Waals surface area contributed by atoms with E-state index in [-0.39, 0.29) is 0 Å². The average molecular weight is 328 g/mol. The average Bonchev–Trinajstić information content (AvgIpc) is 2.70. The zero-order valence-corrected chi connectivity index (χ0v) is 12.0. The van der Waals surface area contributed by atoms with Crippen molar-refractivity contribution in [1.29, 1.82) is 0 Å². The summed E-state index contributed by atoms with van der Waals surface area (Å²) in [4.78, 5) is 42.1. The van der Waals surface area contributed by atoms with Crippen LogP contribution in [0.15, 0.2) is 14.6 Å². The van der Waals surface area contributed by atoms with Gasteiger partial charge in [0, 0.05) is 6.92 Å². The first kappa shape index (κ1) is 17.2. The second kappa shape index (κ2) is 6.14. The number of aliphatic imine (C=N–C) groups is 1. The fourth-order valence-corrected chi connectivity index (χ4v) is 2.24. The van der Waals surface area contributed by atoms with Crippen molar-refractivity contribution >= 4 is 17.7 Å². The van der Waals surface area contributed by atoms with E-state index in [9.17, 15) is 24.6 Å². The monoisotopic (exact) mass is 328 g/mol. The number of nitrogens with zero attached hydrogens (tertiary/aromatic N) is 1. The van der Waals surface area contributed by atoms with Gasteiger partial charge in [-0.1, -0.05) is 0 Å². The highest BCUT2D eigenvalue weighted by Crippen LogP contribution is 2.36. The van der Waals surface area contributed by atoms with Crippen LogP contribution in [-0.2, 0) is 15.3 Å². The zero-order valence-electron chi connectivity index (χ0n) is 12.0. The maximum atomic E-state index is 11.9. The molecule has 0 aliphatic carbocycles. The molecule has 1 aliphatic rings. The van der Waals surface area contributed by atoms with Crippen LogP contribution in [0, 0.1) is 0 Å². The molecule has 1 unspecified atom stereocenters. The van der Waals surface area contributed by atoms with Crippen LogP contribution < -0.4 is 17.0 Å². The number of ether oxygens (including phenoxy) is 1. The van der Waals surface area contributed by atoms with Gasteiger partial charge in [0.1, 0.15) is 24.0 Å². The first-order chi connectivity index (χ1) is 10.7. The smallest absolute Gasteiger partial charge is 0.326 e. The van der Waals surface area contributed by atoms with Crippen molar-refractivity contribution in [1.82, 2.24) is 9.97 Å². The van der Waals surface area contributed by atoms with E-state index in [1.54, 1.807) is 0 Å². The number of carbonyl (C=O) groups is 1. The zero-order chi connectivity index (χ0) is 17.4. The van der Waals surface area contributed by atoms with E-state index in [4.69, 9.17) is 15.6 Å². The Kier molecular flexibility index (Phi) is 4.58. The molecule has 0 amide bonds. The Morgan fingerprint density at radius 3 is 2.61 bits per heavy atom. The molecule has 1 aliphatic heterocycles. The van der Waals surface area contributed by atoms with Gasteiger partial charge in [0.2, 0.25) is 0 Å². The summed E-state index contributed by atoms with van der Waals surface area (Å²) in [5.41, 5.74) is 0.887. The summed E-state index contributed by atoms with van der Waals surface area (Å²) < 4.78 is 5.21. The Hall–Kier alpha value is -2.18. The van der Waals surface area contributed by atoms with Gasteiger partial charge in [-0.3, -0.25) is 20.3 Å². The van der Waals surface area contributed by atoms with Crippen LogP contribution in [0.4, 0.5) is 5.69 Å². The molecule has 126 valence electrons. The second-order valence-corrected chi connectivity index (χ2v) is 5.07. The van der Waals surface area contributed by atoms with Crippen LogP contribution in [0.2, 0.25) is 0 Å². The van der Waals surface area contributed by atoms with Crippen LogP contribution in [0.5, 0.6) is 0 Å². The molecular weight excluding hydrogens is 312 g/mol. The van der Waals surface area contributed by atoms with E-state index in [0.29, 0.717) is 0 Å². The normalized spacial score (nSPS) is 30.9. The molecule has 1 fully saturated rings. The lowest BCUT2D eigenvalue weighted by Gasteiger charge is -2.27. The van der Waals surface area contributed by atoms with E-state index in [2.05, 4.69) is 9.98 Å². The van der Waals surface area contributed by atoms with Gasteiger partial charge in [0.25, 0.3) is 5.56 Å². The predicted molar refractivity (Wildman–Crippen MR) is 76.4 cm³/mol. The Bertz CT molecular complexity index is 755. The minimum Gasteiger partial charge on any atom is -0.394 e. The van der Waals surface area contributed by atoms with Crippen molar-refractivity contribution in [2.24, 2.45) is 10.7 Å². The number of H-pyrrole nitrogens is 2. The molecule has 11 nitrogen and oxygen atoms in total. The number of Topliss-reactive ketones (excluding diaryl/α,β-unsaturated/α-hetero) is 1. The second-order valence-electron chi connectivity index (χ2n) is 5.07. The lowest BCUT2D eigenvalue weighted by atomic mass is 9.99. The van der Waals surface area contributed by atoms with E-state index < -0.39 is 59.1 Å². The molecule has 2 heterocycles. The summed E-state index contributed by atoms with van der Waals surface area (Å²) in [6.07, 6.45) is -3.74. The Balaban J connectivity index is 2.65. The summed E-state index contributed by atoms with van der Waals surface area (Å²) >= 11 is 0. The van der Waals surface area contributed by atoms with Crippen molar-refractivity contribution in [2.45, 2.75) is 31.0 Å². The van der Waals surface area contributed by atoms with Gasteiger partial charge in [-0.25, -0.2) is 9.79 Å². The SMILES string of the molecule is CC(=O)C=Nc1c(C2(N)O[C@H](CO)[C@@H](O)[C@H]2O)[nH]c(=O)[nH]c1=O. The molecule has 4 atom stereocenters. The maximum Gasteiger partial charge on any atom is 0.326 e. The van der Waals surface area contributed by atoms with Crippen molar-refractivity contribution < 1.29 is 24.9 Å². The summed E-state index contributed by atoms with van der Waals surface area (Å²) in [6.45, 7) is 0.532. The minimum atomic E-state index is -2.20. The van der Waals surface area contributed by atoms with E-state index >= 15 is 0 Å². The number of carbonyl (C=O) groups excluding carboxylic acids is 1. The van der Waals surface area contributed by atoms with E-state index in [1.807, 2.05) is 4.98 Å². The Morgan fingerprint density at radius 1 is 1.43 bits per heavy atom. The predicted octanol–water partition coefficient (Wildman–Crippen LogP) is -3.42. The molecule has 7 N–H and O–H groups in total. The molecule has 1 aromatic rings. The van der Waals surface area contributed by atoms with Crippen LogP contribution in [0.1, 0.15) is 12.6 Å². The van der Waals surface area contributed by atoms with Gasteiger partial charge < -0.3 is 25.0 Å². The minimum absolute atomic E-state index is 0.425. The van der Waals surface area contributed by atoms with Crippen LogP contribution in [0.3, 0.4) is 0 Å². The molecule has 0 saturated carbocycles. The Labute approximate surface area is 128 Å². The molecular formula is C12H16N4O7. The lowest BCUT2D eigenvalue weighted by Crippen LogP contribution is -2.50. The highest BCUT2D eigenvalue weighted by molar-refractivity contribution is 6.26. The van der Waals surface area contributed by atoms with E-state index in [0.717, 1.165) is 6.21 Å². The number of nitrogens with one attached hydrogen (secondary N) is 2. The molecule has 0 aromatic carbocycles. The molecule has 23 heavy (non-hydrogen) atoms. The van der Waals surface area contributed by atoms with Gasteiger partial charge in [0.05, 0.1) is 12.8 Å². The topological polar surface area (TPSA) is 191 Å². The number of hydrogen-bond acceptors (Lipinski definition) is 9. The van der Waals surface area contributed by atoms with Crippen LogP contribution in [-0.4, -0.2) is 62.2 Å². The number of nitrogens with two attached hydrogens (primary N) is 1. The van der Waals surface area contributed by atoms with Gasteiger partial charge >= 0.3 is 5.69 Å². The van der Waals surface area contributed by atoms with Gasteiger partial charge in [-0.2, -0.15) is 0 Å². The number of aromatic amines is 2. The lowest BCUT2D eigenvalue weighted by molar-refractivity contribution is -0.110. The third kappa shape index (κ3) is 3.00. The number of hydrogen-bond donors (Lipinski definition) is 6. The quantitative estimate of drug-likeness (QED) is 0.308. The van der Waals surface area contributed by atoms with Gasteiger partial charge in [-0.15, -0.1) is 0 Å². The van der Waals surface area contributed by atoms with Crippen molar-refractivity contribution in [3.63, 3.8) is 0 Å². The summed E-state index contributed by atoms with van der Waals surface area (Å²) in [7, 11) is 0. The van der Waals surface area contributed by atoms with Crippen LogP contribution in [0.25, 0.3) is 0 Å². The van der Waals surface area contributed by atoms with Gasteiger partial charge in [0.15, 0.2) is 17.2 Å². The maximum absolute atomic E-state index is 11.9. The third-order valence-corrected chi connectivity index (χ3v) is 3.35. The molecule has 0 bridgehead atoms. The number of ketones is 1. The number of rotatable bonds is 4. The molecule has 1 saturated heterocycles. The third-order valence-electron chi connectivity index (χ3n) is 3.35. The van der Waals surface area contributed by atoms with E-state index in [1.165, 1.54) is 6.92 Å². The number of aromatic nitrogens is 2.